The molecule has 3 aromatic rings. The normalized spacial score (nSPS) is 14.4. The Morgan fingerprint density at radius 2 is 1.53 bits per heavy atom. The summed E-state index contributed by atoms with van der Waals surface area (Å²) in [6.07, 6.45) is 0. The van der Waals surface area contributed by atoms with Crippen molar-refractivity contribution >= 4 is 27.3 Å². The number of sulfonamides is 1. The quantitative estimate of drug-likeness (QED) is 0.602. The molecular weight excluding hydrogens is 448 g/mol. The number of nitriles is 1. The highest BCUT2D eigenvalue weighted by molar-refractivity contribution is 7.89. The van der Waals surface area contributed by atoms with Crippen molar-refractivity contribution in [3.63, 3.8) is 0 Å². The molecule has 8 heteroatoms. The maximum Gasteiger partial charge on any atom is 0.256 e. The number of carbonyl (C=O) groups excluding carboxylic acids is 1. The van der Waals surface area contributed by atoms with E-state index in [0.29, 0.717) is 11.3 Å². The van der Waals surface area contributed by atoms with Crippen molar-refractivity contribution in [3.8, 4) is 6.07 Å². The smallest absolute Gasteiger partial charge is 0.256 e. The minimum Gasteiger partial charge on any atom is -0.355 e. The molecular formula is C26H26N4O3S. The van der Waals surface area contributed by atoms with Gasteiger partial charge in [0, 0.05) is 31.9 Å². The maximum absolute atomic E-state index is 13.4. The van der Waals surface area contributed by atoms with Gasteiger partial charge in [-0.05, 0) is 55.3 Å². The Balaban J connectivity index is 1.50. The molecule has 0 aliphatic carbocycles. The monoisotopic (exact) mass is 474 g/mol. The van der Waals surface area contributed by atoms with E-state index in [4.69, 9.17) is 0 Å². The fourth-order valence-electron chi connectivity index (χ4n) is 4.04. The van der Waals surface area contributed by atoms with E-state index < -0.39 is 10.0 Å². The molecule has 7 nitrogen and oxygen atoms in total. The molecule has 174 valence electrons. The second kappa shape index (κ2) is 9.67. The summed E-state index contributed by atoms with van der Waals surface area (Å²) in [5.74, 6) is -0.150. The predicted octanol–water partition coefficient (Wildman–Crippen LogP) is 4.07. The van der Waals surface area contributed by atoms with Gasteiger partial charge in [-0.2, -0.15) is 9.57 Å². The van der Waals surface area contributed by atoms with Crippen LogP contribution in [0.5, 0.6) is 0 Å². The Hall–Kier alpha value is -3.67. The Labute approximate surface area is 200 Å². The third-order valence-corrected chi connectivity index (χ3v) is 8.14. The number of piperazine rings is 1. The van der Waals surface area contributed by atoms with Gasteiger partial charge in [-0.1, -0.05) is 36.4 Å². The SMILES string of the molecule is Cc1cccc(Nc2ccccc2C(=O)N2CCN(S(=O)(=O)c3ccccc3C#N)CC2)c1C. The fraction of sp³-hybridized carbons (Fsp3) is 0.231. The summed E-state index contributed by atoms with van der Waals surface area (Å²) < 4.78 is 27.5. The van der Waals surface area contributed by atoms with Crippen LogP contribution in [0.25, 0.3) is 0 Å². The van der Waals surface area contributed by atoms with E-state index in [1.54, 1.807) is 23.1 Å². The van der Waals surface area contributed by atoms with Crippen LogP contribution >= 0.6 is 0 Å². The molecule has 1 heterocycles. The molecule has 1 N–H and O–H groups in total. The summed E-state index contributed by atoms with van der Waals surface area (Å²) in [7, 11) is -3.82. The van der Waals surface area contributed by atoms with Gasteiger partial charge in [-0.25, -0.2) is 8.42 Å². The first kappa shape index (κ1) is 23.5. The largest absolute Gasteiger partial charge is 0.355 e. The number of benzene rings is 3. The zero-order valence-electron chi connectivity index (χ0n) is 19.2. The van der Waals surface area contributed by atoms with Crippen molar-refractivity contribution in [1.29, 1.82) is 5.26 Å². The number of hydrogen-bond donors (Lipinski definition) is 1. The van der Waals surface area contributed by atoms with Gasteiger partial charge in [0.15, 0.2) is 0 Å². The lowest BCUT2D eigenvalue weighted by Gasteiger charge is -2.34. The van der Waals surface area contributed by atoms with Gasteiger partial charge in [0.1, 0.15) is 6.07 Å². The lowest BCUT2D eigenvalue weighted by molar-refractivity contribution is 0.0699. The van der Waals surface area contributed by atoms with E-state index in [1.165, 1.54) is 16.4 Å². The first-order valence-electron chi connectivity index (χ1n) is 11.0. The zero-order valence-corrected chi connectivity index (χ0v) is 20.0. The van der Waals surface area contributed by atoms with Crippen molar-refractivity contribution in [2.75, 3.05) is 31.5 Å². The highest BCUT2D eigenvalue weighted by Gasteiger charge is 2.32. The summed E-state index contributed by atoms with van der Waals surface area (Å²) in [4.78, 5) is 15.0. The second-order valence-electron chi connectivity index (χ2n) is 8.22. The molecule has 0 atom stereocenters. The lowest BCUT2D eigenvalue weighted by atomic mass is 10.1. The van der Waals surface area contributed by atoms with E-state index in [-0.39, 0.29) is 42.5 Å². The Bertz CT molecular complexity index is 1370. The number of para-hydroxylation sites is 1. The van der Waals surface area contributed by atoms with Crippen molar-refractivity contribution in [1.82, 2.24) is 9.21 Å². The number of carbonyl (C=O) groups is 1. The van der Waals surface area contributed by atoms with E-state index in [0.717, 1.165) is 16.8 Å². The molecule has 34 heavy (non-hydrogen) atoms. The van der Waals surface area contributed by atoms with Gasteiger partial charge < -0.3 is 10.2 Å². The van der Waals surface area contributed by atoms with Crippen LogP contribution in [0, 0.1) is 25.2 Å². The number of amides is 1. The zero-order chi connectivity index (χ0) is 24.3. The van der Waals surface area contributed by atoms with Crippen molar-refractivity contribution < 1.29 is 13.2 Å². The first-order valence-corrected chi connectivity index (χ1v) is 12.5. The molecule has 1 fully saturated rings. The summed E-state index contributed by atoms with van der Waals surface area (Å²) in [6, 6.07) is 21.5. The van der Waals surface area contributed by atoms with Gasteiger partial charge in [0.25, 0.3) is 5.91 Å². The molecule has 0 unspecified atom stereocenters. The van der Waals surface area contributed by atoms with Crippen molar-refractivity contribution in [3.05, 3.63) is 89.0 Å². The molecule has 3 aromatic carbocycles. The number of nitrogens with zero attached hydrogens (tertiary/aromatic N) is 3. The van der Waals surface area contributed by atoms with Gasteiger partial charge >= 0.3 is 0 Å². The molecule has 1 aliphatic heterocycles. The van der Waals surface area contributed by atoms with Crippen LogP contribution in [0.4, 0.5) is 11.4 Å². The van der Waals surface area contributed by atoms with Crippen LogP contribution in [0.1, 0.15) is 27.0 Å². The van der Waals surface area contributed by atoms with Gasteiger partial charge in [0.05, 0.1) is 21.7 Å². The molecule has 1 saturated heterocycles. The molecule has 1 aliphatic rings. The van der Waals surface area contributed by atoms with Crippen LogP contribution < -0.4 is 5.32 Å². The van der Waals surface area contributed by atoms with E-state index in [1.807, 2.05) is 56.3 Å². The maximum atomic E-state index is 13.4. The summed E-state index contributed by atoms with van der Waals surface area (Å²) >= 11 is 0. The minimum atomic E-state index is -3.82. The van der Waals surface area contributed by atoms with Crippen molar-refractivity contribution in [2.45, 2.75) is 18.7 Å². The second-order valence-corrected chi connectivity index (χ2v) is 10.1. The standard InChI is InChI=1S/C26H26N4O3S/c1-19-8-7-12-23(20(19)2)28-24-11-5-4-10-22(24)26(31)29-14-16-30(17-15-29)34(32,33)25-13-6-3-9-21(25)18-27/h3-13,28H,14-17H2,1-2H3. The van der Waals surface area contributed by atoms with Crippen LogP contribution in [-0.4, -0.2) is 49.7 Å². The topological polar surface area (TPSA) is 93.5 Å². The molecule has 1 amide bonds. The molecule has 4 rings (SSSR count). The van der Waals surface area contributed by atoms with Gasteiger partial charge in [0.2, 0.25) is 10.0 Å². The molecule has 0 aromatic heterocycles. The third kappa shape index (κ3) is 4.53. The number of aryl methyl sites for hydroxylation is 1. The third-order valence-electron chi connectivity index (χ3n) is 6.18. The average molecular weight is 475 g/mol. The van der Waals surface area contributed by atoms with Crippen LogP contribution in [0.15, 0.2) is 71.6 Å². The highest BCUT2D eigenvalue weighted by atomic mass is 32.2. The first-order chi connectivity index (χ1) is 16.3. The van der Waals surface area contributed by atoms with E-state index in [9.17, 15) is 18.5 Å². The number of hydrogen-bond acceptors (Lipinski definition) is 5. The lowest BCUT2D eigenvalue weighted by Crippen LogP contribution is -2.50. The van der Waals surface area contributed by atoms with Gasteiger partial charge in [-0.15, -0.1) is 0 Å². The Morgan fingerprint density at radius 1 is 0.882 bits per heavy atom. The summed E-state index contributed by atoms with van der Waals surface area (Å²) in [6.45, 7) is 4.95. The summed E-state index contributed by atoms with van der Waals surface area (Å²) in [5, 5.41) is 12.7. The highest BCUT2D eigenvalue weighted by Crippen LogP contribution is 2.27. The predicted molar refractivity (Wildman–Crippen MR) is 131 cm³/mol. The molecule has 0 bridgehead atoms. The molecule has 0 saturated carbocycles. The van der Waals surface area contributed by atoms with Crippen LogP contribution in [0.2, 0.25) is 0 Å². The Morgan fingerprint density at radius 3 is 2.26 bits per heavy atom. The molecule has 0 spiro atoms. The van der Waals surface area contributed by atoms with Crippen molar-refractivity contribution in [2.24, 2.45) is 0 Å². The van der Waals surface area contributed by atoms with Crippen LogP contribution in [-0.2, 0) is 10.0 Å². The fourth-order valence-corrected chi connectivity index (χ4v) is 5.60. The van der Waals surface area contributed by atoms with Gasteiger partial charge in [-0.3, -0.25) is 4.79 Å². The van der Waals surface area contributed by atoms with E-state index >= 15 is 0 Å². The number of anilines is 2. The average Bonchev–Trinajstić information content (AvgIpc) is 2.86. The summed E-state index contributed by atoms with van der Waals surface area (Å²) in [5.41, 5.74) is 4.57. The minimum absolute atomic E-state index is 0.000321. The van der Waals surface area contributed by atoms with E-state index in [2.05, 4.69) is 5.32 Å². The van der Waals surface area contributed by atoms with Crippen LogP contribution in [0.3, 0.4) is 0 Å². The molecule has 0 radical (unpaired) electrons. The number of nitrogens with one attached hydrogen (secondary N) is 1. The number of rotatable bonds is 5. The Kier molecular flexibility index (Phi) is 6.68.